The quantitative estimate of drug-likeness (QED) is 0.846. The lowest BCUT2D eigenvalue weighted by molar-refractivity contribution is -0.132. The first-order chi connectivity index (χ1) is 10.1. The Morgan fingerprint density at radius 2 is 2.24 bits per heavy atom. The van der Waals surface area contributed by atoms with Crippen molar-refractivity contribution in [2.75, 3.05) is 26.2 Å². The Labute approximate surface area is 127 Å². The number of amides is 1. The van der Waals surface area contributed by atoms with Crippen LogP contribution >= 0.6 is 0 Å². The summed E-state index contributed by atoms with van der Waals surface area (Å²) in [6.07, 6.45) is 1.34. The average molecular weight is 290 g/mol. The van der Waals surface area contributed by atoms with Gasteiger partial charge in [-0.3, -0.25) is 4.79 Å². The van der Waals surface area contributed by atoms with Crippen molar-refractivity contribution in [2.24, 2.45) is 0 Å². The minimum absolute atomic E-state index is 0.243. The number of aryl methyl sites for hydroxylation is 2. The monoisotopic (exact) mass is 290 g/mol. The summed E-state index contributed by atoms with van der Waals surface area (Å²) in [7, 11) is 0. The molecule has 1 saturated heterocycles. The molecule has 2 rings (SSSR count). The summed E-state index contributed by atoms with van der Waals surface area (Å²) < 4.78 is 5.77. The first kappa shape index (κ1) is 15.8. The number of piperazine rings is 1. The van der Waals surface area contributed by atoms with Gasteiger partial charge in [-0.25, -0.2) is 0 Å². The zero-order valence-corrected chi connectivity index (χ0v) is 13.3. The normalized spacial score (nSPS) is 18.6. The second-order valence-corrected chi connectivity index (χ2v) is 5.92. The topological polar surface area (TPSA) is 41.6 Å². The minimum Gasteiger partial charge on any atom is -0.493 e. The number of nitrogens with zero attached hydrogens (tertiary/aromatic N) is 1. The van der Waals surface area contributed by atoms with E-state index in [-0.39, 0.29) is 5.91 Å². The molecule has 0 aromatic heterocycles. The van der Waals surface area contributed by atoms with Crippen molar-refractivity contribution >= 4 is 5.91 Å². The third-order valence-electron chi connectivity index (χ3n) is 3.84. The highest BCUT2D eigenvalue weighted by Gasteiger charge is 2.19. The molecule has 21 heavy (non-hydrogen) atoms. The van der Waals surface area contributed by atoms with E-state index in [1.807, 2.05) is 11.0 Å². The van der Waals surface area contributed by atoms with Crippen molar-refractivity contribution in [2.45, 2.75) is 39.7 Å². The Morgan fingerprint density at radius 1 is 1.43 bits per heavy atom. The van der Waals surface area contributed by atoms with E-state index in [0.29, 0.717) is 19.1 Å². The molecule has 1 aromatic rings. The van der Waals surface area contributed by atoms with Gasteiger partial charge in [-0.05, 0) is 38.8 Å². The van der Waals surface area contributed by atoms with Crippen LogP contribution < -0.4 is 10.1 Å². The maximum atomic E-state index is 12.1. The van der Waals surface area contributed by atoms with Crippen molar-refractivity contribution in [3.05, 3.63) is 29.3 Å². The van der Waals surface area contributed by atoms with Gasteiger partial charge in [0.1, 0.15) is 5.75 Å². The van der Waals surface area contributed by atoms with Gasteiger partial charge in [-0.2, -0.15) is 0 Å². The molecule has 0 bridgehead atoms. The molecule has 0 unspecified atom stereocenters. The number of carbonyl (C=O) groups excluding carboxylic acids is 1. The number of hydrogen-bond donors (Lipinski definition) is 1. The Kier molecular flexibility index (Phi) is 5.62. The smallest absolute Gasteiger partial charge is 0.222 e. The van der Waals surface area contributed by atoms with Crippen LogP contribution in [0.25, 0.3) is 0 Å². The predicted octanol–water partition coefficient (Wildman–Crippen LogP) is 2.28. The first-order valence-corrected chi connectivity index (χ1v) is 7.77. The summed E-state index contributed by atoms with van der Waals surface area (Å²) in [5.74, 6) is 1.16. The van der Waals surface area contributed by atoms with Crippen molar-refractivity contribution in [3.63, 3.8) is 0 Å². The summed E-state index contributed by atoms with van der Waals surface area (Å²) in [5, 5.41) is 3.35. The van der Waals surface area contributed by atoms with Crippen molar-refractivity contribution < 1.29 is 9.53 Å². The summed E-state index contributed by atoms with van der Waals surface area (Å²) >= 11 is 0. The molecule has 1 aliphatic rings. The molecule has 1 atom stereocenters. The fourth-order valence-electron chi connectivity index (χ4n) is 2.68. The number of rotatable bonds is 5. The molecule has 1 aliphatic heterocycles. The Hall–Kier alpha value is -1.55. The molecule has 1 aromatic carbocycles. The van der Waals surface area contributed by atoms with Crippen LogP contribution in [0.5, 0.6) is 5.75 Å². The summed E-state index contributed by atoms with van der Waals surface area (Å²) in [6, 6.07) is 6.57. The van der Waals surface area contributed by atoms with E-state index in [4.69, 9.17) is 4.74 Å². The van der Waals surface area contributed by atoms with Gasteiger partial charge >= 0.3 is 0 Å². The van der Waals surface area contributed by atoms with Crippen molar-refractivity contribution in [3.8, 4) is 5.75 Å². The molecule has 4 heteroatoms. The minimum atomic E-state index is 0.243. The van der Waals surface area contributed by atoms with Crippen LogP contribution in [0, 0.1) is 13.8 Å². The first-order valence-electron chi connectivity index (χ1n) is 7.77. The van der Waals surface area contributed by atoms with Gasteiger partial charge in [0.05, 0.1) is 6.61 Å². The van der Waals surface area contributed by atoms with Gasteiger partial charge in [0.15, 0.2) is 0 Å². The molecular formula is C17H26N2O2. The highest BCUT2D eigenvalue weighted by Crippen LogP contribution is 2.19. The number of carbonyl (C=O) groups is 1. The van der Waals surface area contributed by atoms with Crippen LogP contribution in [0.2, 0.25) is 0 Å². The van der Waals surface area contributed by atoms with Crippen LogP contribution in [0.4, 0.5) is 0 Å². The van der Waals surface area contributed by atoms with Gasteiger partial charge in [-0.1, -0.05) is 17.7 Å². The second-order valence-electron chi connectivity index (χ2n) is 5.92. The van der Waals surface area contributed by atoms with Crippen molar-refractivity contribution in [1.82, 2.24) is 10.2 Å². The largest absolute Gasteiger partial charge is 0.493 e. The standard InChI is InChI=1S/C17H26N2O2/c1-13-6-7-16(14(2)11-13)21-10-4-5-17(20)19-9-8-18-15(3)12-19/h6-7,11,15,18H,4-5,8-10,12H2,1-3H3/t15-/m1/s1. The molecule has 4 nitrogen and oxygen atoms in total. The highest BCUT2D eigenvalue weighted by molar-refractivity contribution is 5.76. The third kappa shape index (κ3) is 4.74. The van der Waals surface area contributed by atoms with Crippen LogP contribution in [-0.4, -0.2) is 43.1 Å². The lowest BCUT2D eigenvalue weighted by Gasteiger charge is -2.32. The van der Waals surface area contributed by atoms with E-state index in [0.717, 1.165) is 37.4 Å². The summed E-state index contributed by atoms with van der Waals surface area (Å²) in [5.41, 5.74) is 2.39. The molecule has 0 spiro atoms. The van der Waals surface area contributed by atoms with E-state index in [1.54, 1.807) is 0 Å². The van der Waals surface area contributed by atoms with E-state index in [9.17, 15) is 4.79 Å². The zero-order chi connectivity index (χ0) is 15.2. The maximum absolute atomic E-state index is 12.1. The van der Waals surface area contributed by atoms with Crippen LogP contribution in [0.1, 0.15) is 30.9 Å². The number of hydrogen-bond acceptors (Lipinski definition) is 3. The number of benzene rings is 1. The zero-order valence-electron chi connectivity index (χ0n) is 13.3. The van der Waals surface area contributed by atoms with Gasteiger partial charge in [0.25, 0.3) is 0 Å². The van der Waals surface area contributed by atoms with Gasteiger partial charge < -0.3 is 15.0 Å². The van der Waals surface area contributed by atoms with E-state index in [2.05, 4.69) is 38.2 Å². The molecule has 1 N–H and O–H groups in total. The van der Waals surface area contributed by atoms with E-state index < -0.39 is 0 Å². The van der Waals surface area contributed by atoms with Gasteiger partial charge in [-0.15, -0.1) is 0 Å². The van der Waals surface area contributed by atoms with Gasteiger partial charge in [0.2, 0.25) is 5.91 Å². The molecule has 1 heterocycles. The SMILES string of the molecule is Cc1ccc(OCCCC(=O)N2CCN[C@H](C)C2)c(C)c1. The van der Waals surface area contributed by atoms with E-state index in [1.165, 1.54) is 5.56 Å². The predicted molar refractivity (Wildman–Crippen MR) is 84.7 cm³/mol. The highest BCUT2D eigenvalue weighted by atomic mass is 16.5. The lowest BCUT2D eigenvalue weighted by atomic mass is 10.1. The summed E-state index contributed by atoms with van der Waals surface area (Å²) in [6.45, 7) is 9.36. The lowest BCUT2D eigenvalue weighted by Crippen LogP contribution is -2.51. The Balaban J connectivity index is 1.70. The average Bonchev–Trinajstić information content (AvgIpc) is 2.45. The van der Waals surface area contributed by atoms with Gasteiger partial charge in [0, 0.05) is 32.1 Å². The van der Waals surface area contributed by atoms with E-state index >= 15 is 0 Å². The maximum Gasteiger partial charge on any atom is 0.222 e. The number of ether oxygens (including phenoxy) is 1. The molecule has 0 radical (unpaired) electrons. The molecule has 1 amide bonds. The second kappa shape index (κ2) is 7.46. The van der Waals surface area contributed by atoms with Crippen LogP contribution in [0.3, 0.4) is 0 Å². The number of nitrogens with one attached hydrogen (secondary N) is 1. The van der Waals surface area contributed by atoms with Crippen LogP contribution in [0.15, 0.2) is 18.2 Å². The fraction of sp³-hybridized carbons (Fsp3) is 0.588. The Bertz CT molecular complexity index is 488. The molecule has 0 aliphatic carbocycles. The Morgan fingerprint density at radius 3 is 2.95 bits per heavy atom. The molecule has 1 fully saturated rings. The third-order valence-corrected chi connectivity index (χ3v) is 3.84. The molecule has 0 saturated carbocycles. The van der Waals surface area contributed by atoms with Crippen molar-refractivity contribution in [1.29, 1.82) is 0 Å². The molecule has 116 valence electrons. The molecular weight excluding hydrogens is 264 g/mol. The fourth-order valence-corrected chi connectivity index (χ4v) is 2.68. The van der Waals surface area contributed by atoms with Crippen LogP contribution in [-0.2, 0) is 4.79 Å². The summed E-state index contributed by atoms with van der Waals surface area (Å²) in [4.78, 5) is 14.1.